The zero-order valence-corrected chi connectivity index (χ0v) is 10.8. The number of para-hydroxylation sites is 2. The molecule has 5 heteroatoms. The van der Waals surface area contributed by atoms with Crippen LogP contribution in [0, 0.1) is 0 Å². The van der Waals surface area contributed by atoms with Crippen LogP contribution in [0.1, 0.15) is 30.3 Å². The molecule has 100 valence electrons. The van der Waals surface area contributed by atoms with E-state index in [2.05, 4.69) is 15.3 Å². The number of fused-ring (bicyclic) bond motifs is 1. The summed E-state index contributed by atoms with van der Waals surface area (Å²) in [5.41, 5.74) is 1.79. The second-order valence-corrected chi connectivity index (χ2v) is 4.49. The summed E-state index contributed by atoms with van der Waals surface area (Å²) < 4.78 is 0. The molecular formula is C14H17N3O2. The quantitative estimate of drug-likeness (QED) is 0.798. The van der Waals surface area contributed by atoms with Gasteiger partial charge in [-0.05, 0) is 31.9 Å². The highest BCUT2D eigenvalue weighted by Gasteiger charge is 2.08. The molecule has 1 amide bonds. The van der Waals surface area contributed by atoms with Gasteiger partial charge in [0.05, 0.1) is 23.3 Å². The SMILES string of the molecule is CC(O)CCCNC(=O)c1cnc2ccccc2n1. The minimum atomic E-state index is -0.336. The molecule has 0 bridgehead atoms. The Morgan fingerprint density at radius 2 is 2.11 bits per heavy atom. The zero-order valence-electron chi connectivity index (χ0n) is 10.8. The number of nitrogens with one attached hydrogen (secondary N) is 1. The molecule has 0 aliphatic heterocycles. The molecule has 0 aliphatic rings. The maximum atomic E-state index is 11.9. The third kappa shape index (κ3) is 3.72. The fourth-order valence-electron chi connectivity index (χ4n) is 1.76. The van der Waals surface area contributed by atoms with Crippen molar-refractivity contribution >= 4 is 16.9 Å². The van der Waals surface area contributed by atoms with E-state index >= 15 is 0 Å². The molecule has 0 radical (unpaired) electrons. The summed E-state index contributed by atoms with van der Waals surface area (Å²) in [7, 11) is 0. The molecule has 1 heterocycles. The number of aromatic nitrogens is 2. The van der Waals surface area contributed by atoms with Crippen molar-refractivity contribution in [2.45, 2.75) is 25.9 Å². The van der Waals surface area contributed by atoms with Crippen molar-refractivity contribution in [3.8, 4) is 0 Å². The number of hydrogen-bond donors (Lipinski definition) is 2. The van der Waals surface area contributed by atoms with Gasteiger partial charge in [0.1, 0.15) is 5.69 Å². The Kier molecular flexibility index (Phi) is 4.41. The van der Waals surface area contributed by atoms with Crippen LogP contribution in [0.2, 0.25) is 0 Å². The Morgan fingerprint density at radius 3 is 2.84 bits per heavy atom. The second-order valence-electron chi connectivity index (χ2n) is 4.49. The third-order valence-electron chi connectivity index (χ3n) is 2.77. The lowest BCUT2D eigenvalue weighted by atomic mass is 10.2. The van der Waals surface area contributed by atoms with Gasteiger partial charge in [0.25, 0.3) is 5.91 Å². The van der Waals surface area contributed by atoms with Gasteiger partial charge >= 0.3 is 0 Å². The van der Waals surface area contributed by atoms with Gasteiger partial charge in [-0.15, -0.1) is 0 Å². The van der Waals surface area contributed by atoms with E-state index in [-0.39, 0.29) is 12.0 Å². The van der Waals surface area contributed by atoms with Crippen LogP contribution in [-0.4, -0.2) is 33.6 Å². The van der Waals surface area contributed by atoms with Crippen molar-refractivity contribution in [2.24, 2.45) is 0 Å². The highest BCUT2D eigenvalue weighted by atomic mass is 16.3. The van der Waals surface area contributed by atoms with E-state index in [1.54, 1.807) is 6.92 Å². The van der Waals surface area contributed by atoms with Gasteiger partial charge in [0, 0.05) is 6.54 Å². The topological polar surface area (TPSA) is 75.1 Å². The van der Waals surface area contributed by atoms with Gasteiger partial charge in [-0.2, -0.15) is 0 Å². The number of rotatable bonds is 5. The smallest absolute Gasteiger partial charge is 0.271 e. The van der Waals surface area contributed by atoms with Crippen LogP contribution in [0.4, 0.5) is 0 Å². The monoisotopic (exact) mass is 259 g/mol. The maximum absolute atomic E-state index is 11.9. The molecule has 1 aromatic heterocycles. The van der Waals surface area contributed by atoms with Gasteiger partial charge < -0.3 is 10.4 Å². The minimum absolute atomic E-state index is 0.233. The van der Waals surface area contributed by atoms with Crippen molar-refractivity contribution in [1.29, 1.82) is 0 Å². The average Bonchev–Trinajstić information content (AvgIpc) is 2.42. The van der Waals surface area contributed by atoms with Gasteiger partial charge in [-0.25, -0.2) is 4.98 Å². The van der Waals surface area contributed by atoms with Crippen LogP contribution in [-0.2, 0) is 0 Å². The maximum Gasteiger partial charge on any atom is 0.271 e. The Balaban J connectivity index is 1.97. The van der Waals surface area contributed by atoms with E-state index in [4.69, 9.17) is 5.11 Å². The highest BCUT2D eigenvalue weighted by molar-refractivity contribution is 5.93. The van der Waals surface area contributed by atoms with Gasteiger partial charge in [0.15, 0.2) is 0 Å². The van der Waals surface area contributed by atoms with Crippen LogP contribution >= 0.6 is 0 Å². The molecule has 19 heavy (non-hydrogen) atoms. The fraction of sp³-hybridized carbons (Fsp3) is 0.357. The summed E-state index contributed by atoms with van der Waals surface area (Å²) in [6, 6.07) is 7.42. The van der Waals surface area contributed by atoms with Crippen LogP contribution in [0.3, 0.4) is 0 Å². The number of amides is 1. The number of carbonyl (C=O) groups excluding carboxylic acids is 1. The van der Waals surface area contributed by atoms with Gasteiger partial charge in [-0.3, -0.25) is 9.78 Å². The lowest BCUT2D eigenvalue weighted by Gasteiger charge is -2.06. The van der Waals surface area contributed by atoms with E-state index in [1.165, 1.54) is 6.20 Å². The lowest BCUT2D eigenvalue weighted by Crippen LogP contribution is -2.26. The number of carbonyl (C=O) groups is 1. The van der Waals surface area contributed by atoms with E-state index in [0.717, 1.165) is 11.9 Å². The normalized spacial score (nSPS) is 12.3. The van der Waals surface area contributed by atoms with Crippen molar-refractivity contribution in [3.63, 3.8) is 0 Å². The summed E-state index contributed by atoms with van der Waals surface area (Å²) >= 11 is 0. The summed E-state index contributed by atoms with van der Waals surface area (Å²) in [6.07, 6.45) is 2.55. The largest absolute Gasteiger partial charge is 0.393 e. The number of nitrogens with zero attached hydrogens (tertiary/aromatic N) is 2. The van der Waals surface area contributed by atoms with Crippen LogP contribution in [0.5, 0.6) is 0 Å². The summed E-state index contributed by atoms with van der Waals surface area (Å²) in [6.45, 7) is 2.26. The van der Waals surface area contributed by atoms with Gasteiger partial charge in [0.2, 0.25) is 0 Å². The van der Waals surface area contributed by atoms with E-state index in [0.29, 0.717) is 24.2 Å². The molecule has 0 aliphatic carbocycles. The third-order valence-corrected chi connectivity index (χ3v) is 2.77. The first-order valence-corrected chi connectivity index (χ1v) is 6.35. The Labute approximate surface area is 111 Å². The van der Waals surface area contributed by atoms with Crippen molar-refractivity contribution in [3.05, 3.63) is 36.2 Å². The molecule has 0 fully saturated rings. The Morgan fingerprint density at radius 1 is 1.37 bits per heavy atom. The van der Waals surface area contributed by atoms with E-state index in [9.17, 15) is 4.79 Å². The number of hydrogen-bond acceptors (Lipinski definition) is 4. The molecule has 2 aromatic rings. The first-order valence-electron chi connectivity index (χ1n) is 6.35. The van der Waals surface area contributed by atoms with Crippen molar-refractivity contribution in [2.75, 3.05) is 6.54 Å². The van der Waals surface area contributed by atoms with Crippen LogP contribution < -0.4 is 5.32 Å². The summed E-state index contributed by atoms with van der Waals surface area (Å²) in [5.74, 6) is -0.233. The molecular weight excluding hydrogens is 242 g/mol. The first-order chi connectivity index (χ1) is 9.16. The van der Waals surface area contributed by atoms with Crippen LogP contribution in [0.15, 0.2) is 30.5 Å². The molecule has 1 aromatic carbocycles. The van der Waals surface area contributed by atoms with Crippen LogP contribution in [0.25, 0.3) is 11.0 Å². The number of aliphatic hydroxyl groups excluding tert-OH is 1. The summed E-state index contributed by atoms with van der Waals surface area (Å²) in [4.78, 5) is 20.3. The molecule has 1 unspecified atom stereocenters. The predicted molar refractivity (Wildman–Crippen MR) is 72.8 cm³/mol. The molecule has 0 saturated carbocycles. The predicted octanol–water partition coefficient (Wildman–Crippen LogP) is 1.52. The van der Waals surface area contributed by atoms with Gasteiger partial charge in [-0.1, -0.05) is 12.1 Å². The Bertz CT molecular complexity index is 569. The second kappa shape index (κ2) is 6.24. The standard InChI is InChI=1S/C14H17N3O2/c1-10(18)5-4-8-15-14(19)13-9-16-11-6-2-3-7-12(11)17-13/h2-3,6-7,9-10,18H,4-5,8H2,1H3,(H,15,19). The fourth-order valence-corrected chi connectivity index (χ4v) is 1.76. The molecule has 2 N–H and O–H groups in total. The van der Waals surface area contributed by atoms with Crippen molar-refractivity contribution < 1.29 is 9.90 Å². The first kappa shape index (κ1) is 13.4. The molecule has 1 atom stereocenters. The molecule has 0 saturated heterocycles. The molecule has 2 rings (SSSR count). The number of benzene rings is 1. The van der Waals surface area contributed by atoms with E-state index in [1.807, 2.05) is 24.3 Å². The lowest BCUT2D eigenvalue weighted by molar-refractivity contribution is 0.0944. The zero-order chi connectivity index (χ0) is 13.7. The van der Waals surface area contributed by atoms with Crippen molar-refractivity contribution in [1.82, 2.24) is 15.3 Å². The summed E-state index contributed by atoms with van der Waals surface area (Å²) in [5, 5.41) is 11.9. The number of aliphatic hydroxyl groups is 1. The van der Waals surface area contributed by atoms with E-state index < -0.39 is 0 Å². The highest BCUT2D eigenvalue weighted by Crippen LogP contribution is 2.08. The molecule has 5 nitrogen and oxygen atoms in total. The Hall–Kier alpha value is -2.01. The average molecular weight is 259 g/mol. The minimum Gasteiger partial charge on any atom is -0.393 e. The molecule has 0 spiro atoms.